The van der Waals surface area contributed by atoms with Gasteiger partial charge in [-0.3, -0.25) is 14.4 Å². The summed E-state index contributed by atoms with van der Waals surface area (Å²) in [6, 6.07) is 26.0. The molecule has 1 aliphatic heterocycles. The van der Waals surface area contributed by atoms with E-state index in [9.17, 15) is 18.8 Å². The smallest absolute Gasteiger partial charge is 0.283 e. The fourth-order valence-corrected chi connectivity index (χ4v) is 5.08. The summed E-state index contributed by atoms with van der Waals surface area (Å²) < 4.78 is 19.5. The van der Waals surface area contributed by atoms with Crippen molar-refractivity contribution in [2.75, 3.05) is 22.6 Å². The van der Waals surface area contributed by atoms with Crippen LogP contribution in [0.25, 0.3) is 0 Å². The maximum atomic E-state index is 13.5. The molecule has 0 aliphatic carbocycles. The number of hydrogen-bond donors (Lipinski definition) is 2. The summed E-state index contributed by atoms with van der Waals surface area (Å²) in [5.74, 6) is -1.18. The van der Waals surface area contributed by atoms with Crippen molar-refractivity contribution in [3.8, 4) is 5.75 Å². The first-order valence-electron chi connectivity index (χ1n) is 12.0. The predicted octanol–water partition coefficient (Wildman–Crippen LogP) is 6.84. The summed E-state index contributed by atoms with van der Waals surface area (Å²) in [5.41, 5.74) is 2.03. The van der Waals surface area contributed by atoms with Crippen LogP contribution in [0.4, 0.5) is 21.5 Å². The van der Waals surface area contributed by atoms with Crippen LogP contribution in [0.15, 0.2) is 117 Å². The van der Waals surface area contributed by atoms with Gasteiger partial charge in [0.05, 0.1) is 12.8 Å². The first-order valence-corrected chi connectivity index (χ1v) is 13.6. The summed E-state index contributed by atoms with van der Waals surface area (Å²) >= 11 is 4.50. The molecule has 4 aromatic rings. The van der Waals surface area contributed by atoms with Gasteiger partial charge in [0.1, 0.15) is 22.2 Å². The lowest BCUT2D eigenvalue weighted by atomic mass is 10.2. The van der Waals surface area contributed by atoms with E-state index >= 15 is 0 Å². The van der Waals surface area contributed by atoms with E-state index in [1.165, 1.54) is 24.3 Å². The lowest BCUT2D eigenvalue weighted by molar-refractivity contribution is -0.120. The Balaban J connectivity index is 1.38. The lowest BCUT2D eigenvalue weighted by Crippen LogP contribution is -2.32. The zero-order valence-electron chi connectivity index (χ0n) is 21.0. The van der Waals surface area contributed by atoms with Crippen LogP contribution in [-0.4, -0.2) is 24.8 Å². The average molecular weight is 618 g/mol. The molecule has 2 N–H and O–H groups in total. The van der Waals surface area contributed by atoms with Crippen LogP contribution in [0.1, 0.15) is 10.4 Å². The molecule has 0 fully saturated rings. The highest BCUT2D eigenvalue weighted by molar-refractivity contribution is 9.10. The molecule has 4 aromatic carbocycles. The second kappa shape index (κ2) is 11.8. The van der Waals surface area contributed by atoms with Gasteiger partial charge in [0.25, 0.3) is 17.7 Å². The van der Waals surface area contributed by atoms with Crippen LogP contribution in [0, 0.1) is 5.82 Å². The lowest BCUT2D eigenvalue weighted by Gasteiger charge is -2.15. The Morgan fingerprint density at radius 2 is 1.45 bits per heavy atom. The third-order valence-corrected chi connectivity index (χ3v) is 7.54. The molecule has 5 rings (SSSR count). The number of thioether (sulfide) groups is 1. The van der Waals surface area contributed by atoms with E-state index < -0.39 is 17.6 Å². The van der Waals surface area contributed by atoms with Gasteiger partial charge in [-0.25, -0.2) is 9.29 Å². The number of benzene rings is 4. The van der Waals surface area contributed by atoms with E-state index in [4.69, 9.17) is 4.74 Å². The first-order chi connectivity index (χ1) is 19.3. The van der Waals surface area contributed by atoms with Crippen LogP contribution in [0.5, 0.6) is 5.75 Å². The normalized spacial score (nSPS) is 13.0. The molecule has 0 saturated heterocycles. The van der Waals surface area contributed by atoms with Crippen LogP contribution in [0.2, 0.25) is 0 Å². The minimum Gasteiger partial charge on any atom is -0.497 e. The fraction of sp³-hybridized carbons (Fsp3) is 0.0333. The molecule has 1 heterocycles. The van der Waals surface area contributed by atoms with Crippen molar-refractivity contribution in [3.63, 3.8) is 0 Å². The van der Waals surface area contributed by atoms with Crippen LogP contribution >= 0.6 is 27.7 Å². The van der Waals surface area contributed by atoms with Crippen LogP contribution in [-0.2, 0) is 9.59 Å². The quantitative estimate of drug-likeness (QED) is 0.211. The maximum absolute atomic E-state index is 13.5. The first kappa shape index (κ1) is 27.2. The minimum atomic E-state index is -0.551. The van der Waals surface area contributed by atoms with Gasteiger partial charge in [0, 0.05) is 26.3 Å². The van der Waals surface area contributed by atoms with Gasteiger partial charge < -0.3 is 15.4 Å². The van der Waals surface area contributed by atoms with Gasteiger partial charge in [-0.05, 0) is 97.1 Å². The van der Waals surface area contributed by atoms with E-state index in [0.29, 0.717) is 27.6 Å². The summed E-state index contributed by atoms with van der Waals surface area (Å²) in [4.78, 5) is 41.4. The van der Waals surface area contributed by atoms with E-state index in [1.807, 2.05) is 12.1 Å². The monoisotopic (exact) mass is 617 g/mol. The molecule has 0 spiro atoms. The Labute approximate surface area is 242 Å². The molecular weight excluding hydrogens is 597 g/mol. The SMILES string of the molecule is COc1ccc(C(=O)Nc2ccc(SC3=C(Nc4ccc(Br)cc4)C(=O)N(c4ccc(F)cc4)C3=O)cc2)cc1. The number of nitrogens with zero attached hydrogens (tertiary/aromatic N) is 1. The maximum Gasteiger partial charge on any atom is 0.283 e. The third kappa shape index (κ3) is 5.93. The largest absolute Gasteiger partial charge is 0.497 e. The van der Waals surface area contributed by atoms with Crippen molar-refractivity contribution in [2.24, 2.45) is 0 Å². The van der Waals surface area contributed by atoms with E-state index in [2.05, 4.69) is 26.6 Å². The number of amides is 3. The second-order valence-corrected chi connectivity index (χ2v) is 10.6. The molecule has 0 bridgehead atoms. The van der Waals surface area contributed by atoms with Gasteiger partial charge in [-0.15, -0.1) is 0 Å². The summed E-state index contributed by atoms with van der Waals surface area (Å²) in [6.07, 6.45) is 0. The van der Waals surface area contributed by atoms with E-state index in [1.54, 1.807) is 67.8 Å². The molecule has 1 aliphatic rings. The highest BCUT2D eigenvalue weighted by atomic mass is 79.9. The Morgan fingerprint density at radius 3 is 2.08 bits per heavy atom. The Morgan fingerprint density at radius 1 is 0.825 bits per heavy atom. The van der Waals surface area contributed by atoms with Crippen LogP contribution < -0.4 is 20.3 Å². The van der Waals surface area contributed by atoms with Crippen molar-refractivity contribution < 1.29 is 23.5 Å². The zero-order valence-corrected chi connectivity index (χ0v) is 23.4. The van der Waals surface area contributed by atoms with Crippen molar-refractivity contribution in [3.05, 3.63) is 124 Å². The van der Waals surface area contributed by atoms with Crippen molar-refractivity contribution >= 4 is 62.5 Å². The molecule has 3 amide bonds. The average Bonchev–Trinajstić information content (AvgIpc) is 3.19. The minimum absolute atomic E-state index is 0.110. The second-order valence-electron chi connectivity index (χ2n) is 8.57. The topological polar surface area (TPSA) is 87.7 Å². The highest BCUT2D eigenvalue weighted by Crippen LogP contribution is 2.38. The third-order valence-electron chi connectivity index (χ3n) is 5.92. The number of imide groups is 1. The zero-order chi connectivity index (χ0) is 28.2. The van der Waals surface area contributed by atoms with Crippen molar-refractivity contribution in [1.82, 2.24) is 0 Å². The number of ether oxygens (including phenoxy) is 1. The Hall–Kier alpha value is -4.41. The molecule has 10 heteroatoms. The van der Waals surface area contributed by atoms with Gasteiger partial charge in [-0.2, -0.15) is 0 Å². The molecule has 40 heavy (non-hydrogen) atoms. The van der Waals surface area contributed by atoms with Gasteiger partial charge in [0.2, 0.25) is 0 Å². The number of nitrogens with one attached hydrogen (secondary N) is 2. The molecule has 7 nitrogen and oxygen atoms in total. The molecule has 0 saturated carbocycles. The van der Waals surface area contributed by atoms with Crippen LogP contribution in [0.3, 0.4) is 0 Å². The molecule has 200 valence electrons. The molecule has 0 unspecified atom stereocenters. The Bertz CT molecular complexity index is 1610. The summed E-state index contributed by atoms with van der Waals surface area (Å²) in [6.45, 7) is 0. The summed E-state index contributed by atoms with van der Waals surface area (Å²) in [7, 11) is 1.56. The molecular formula is C30H21BrFN3O4S. The van der Waals surface area contributed by atoms with Gasteiger partial charge >= 0.3 is 0 Å². The highest BCUT2D eigenvalue weighted by Gasteiger charge is 2.40. The number of methoxy groups -OCH3 is 1. The number of hydrogen-bond acceptors (Lipinski definition) is 6. The van der Waals surface area contributed by atoms with Crippen molar-refractivity contribution in [1.29, 1.82) is 0 Å². The number of anilines is 3. The molecule has 0 radical (unpaired) electrons. The standard InChI is InChI=1S/C30H21BrFN3O4S/c1-39-24-14-2-18(3-15-24)28(36)34-22-10-16-25(17-11-22)40-27-26(33-21-8-4-19(31)5-9-21)29(37)35(30(27)38)23-12-6-20(32)7-13-23/h2-17,33H,1H3,(H,34,36). The molecule has 0 aromatic heterocycles. The van der Waals surface area contributed by atoms with E-state index in [-0.39, 0.29) is 22.2 Å². The van der Waals surface area contributed by atoms with Gasteiger partial charge in [0.15, 0.2) is 0 Å². The Kier molecular flexibility index (Phi) is 7.99. The summed E-state index contributed by atoms with van der Waals surface area (Å²) in [5, 5.41) is 5.91. The number of halogens is 2. The van der Waals surface area contributed by atoms with Crippen molar-refractivity contribution in [2.45, 2.75) is 4.90 Å². The predicted molar refractivity (Wildman–Crippen MR) is 157 cm³/mol. The van der Waals surface area contributed by atoms with Gasteiger partial charge in [-0.1, -0.05) is 27.7 Å². The number of carbonyl (C=O) groups excluding carboxylic acids is 3. The molecule has 0 atom stereocenters. The number of carbonyl (C=O) groups is 3. The number of rotatable bonds is 8. The van der Waals surface area contributed by atoms with E-state index in [0.717, 1.165) is 21.1 Å². The fourth-order valence-electron chi connectivity index (χ4n) is 3.89.